The topological polar surface area (TPSA) is 53.6 Å². The van der Waals surface area contributed by atoms with E-state index in [1.807, 2.05) is 49.4 Å². The lowest BCUT2D eigenvalue weighted by Gasteiger charge is -2.19. The first kappa shape index (κ1) is 17.3. The van der Waals surface area contributed by atoms with Crippen LogP contribution in [0.2, 0.25) is 0 Å². The SMILES string of the molecule is CCOCc1ccccc1NC(=O)N[C@@H]1CCN(c2ccccc2)C1. The summed E-state index contributed by atoms with van der Waals surface area (Å²) < 4.78 is 5.46. The standard InChI is InChI=1S/C20H25N3O2/c1-2-25-15-16-8-6-7-11-19(16)22-20(24)21-17-12-13-23(14-17)18-9-4-3-5-10-18/h3-11,17H,2,12-15H2,1H3,(H2,21,22,24)/t17-/m1/s1. The molecule has 0 aromatic heterocycles. The summed E-state index contributed by atoms with van der Waals surface area (Å²) in [4.78, 5) is 14.7. The molecule has 1 fully saturated rings. The molecule has 1 atom stereocenters. The van der Waals surface area contributed by atoms with Crippen LogP contribution in [0.3, 0.4) is 0 Å². The van der Waals surface area contributed by atoms with Gasteiger partial charge in [0, 0.05) is 42.7 Å². The first-order valence-corrected chi connectivity index (χ1v) is 8.79. The molecule has 0 bridgehead atoms. The van der Waals surface area contributed by atoms with Crippen LogP contribution in [0.1, 0.15) is 18.9 Å². The van der Waals surface area contributed by atoms with E-state index in [4.69, 9.17) is 4.74 Å². The van der Waals surface area contributed by atoms with E-state index in [2.05, 4.69) is 27.7 Å². The lowest BCUT2D eigenvalue weighted by molar-refractivity contribution is 0.134. The number of amides is 2. The number of carbonyl (C=O) groups excluding carboxylic acids is 1. The summed E-state index contributed by atoms with van der Waals surface area (Å²) in [5, 5.41) is 6.03. The minimum Gasteiger partial charge on any atom is -0.377 e. The zero-order chi connectivity index (χ0) is 17.5. The van der Waals surface area contributed by atoms with Gasteiger partial charge in [0.2, 0.25) is 0 Å². The van der Waals surface area contributed by atoms with E-state index < -0.39 is 0 Å². The number of carbonyl (C=O) groups is 1. The number of urea groups is 1. The number of nitrogens with one attached hydrogen (secondary N) is 2. The van der Waals surface area contributed by atoms with Gasteiger partial charge in [0.15, 0.2) is 0 Å². The molecule has 1 aliphatic heterocycles. The molecule has 1 heterocycles. The van der Waals surface area contributed by atoms with Crippen molar-refractivity contribution in [2.75, 3.05) is 29.9 Å². The Bertz CT molecular complexity index is 690. The van der Waals surface area contributed by atoms with E-state index in [1.54, 1.807) is 0 Å². The molecule has 2 N–H and O–H groups in total. The number of nitrogens with zero attached hydrogens (tertiary/aromatic N) is 1. The zero-order valence-corrected chi connectivity index (χ0v) is 14.6. The fourth-order valence-electron chi connectivity index (χ4n) is 3.08. The van der Waals surface area contributed by atoms with Crippen molar-refractivity contribution in [3.63, 3.8) is 0 Å². The molecule has 2 aromatic carbocycles. The zero-order valence-electron chi connectivity index (χ0n) is 14.6. The molecule has 0 radical (unpaired) electrons. The van der Waals surface area contributed by atoms with Gasteiger partial charge in [0.1, 0.15) is 0 Å². The molecule has 3 rings (SSSR count). The van der Waals surface area contributed by atoms with Crippen LogP contribution in [0, 0.1) is 0 Å². The molecule has 1 saturated heterocycles. The second-order valence-electron chi connectivity index (χ2n) is 6.16. The normalized spacial score (nSPS) is 16.7. The summed E-state index contributed by atoms with van der Waals surface area (Å²) >= 11 is 0. The van der Waals surface area contributed by atoms with E-state index in [0.29, 0.717) is 13.2 Å². The van der Waals surface area contributed by atoms with E-state index in [0.717, 1.165) is 30.8 Å². The third-order valence-electron chi connectivity index (χ3n) is 4.37. The average Bonchev–Trinajstić information content (AvgIpc) is 3.10. The van der Waals surface area contributed by atoms with Gasteiger partial charge in [-0.3, -0.25) is 0 Å². The van der Waals surface area contributed by atoms with Gasteiger partial charge in [-0.15, -0.1) is 0 Å². The van der Waals surface area contributed by atoms with E-state index in [9.17, 15) is 4.79 Å². The lowest BCUT2D eigenvalue weighted by atomic mass is 10.2. The van der Waals surface area contributed by atoms with Gasteiger partial charge in [0.05, 0.1) is 6.61 Å². The predicted octanol–water partition coefficient (Wildman–Crippen LogP) is 3.62. The van der Waals surface area contributed by atoms with Crippen molar-refractivity contribution >= 4 is 17.4 Å². The van der Waals surface area contributed by atoms with Crippen LogP contribution in [0.25, 0.3) is 0 Å². The van der Waals surface area contributed by atoms with Crippen LogP contribution in [0.4, 0.5) is 16.2 Å². The molecule has 132 valence electrons. The molecule has 1 aliphatic rings. The molecule has 5 heteroatoms. The smallest absolute Gasteiger partial charge is 0.319 e. The van der Waals surface area contributed by atoms with Gasteiger partial charge in [-0.2, -0.15) is 0 Å². The fourth-order valence-corrected chi connectivity index (χ4v) is 3.08. The molecule has 0 spiro atoms. The van der Waals surface area contributed by atoms with Gasteiger partial charge in [-0.25, -0.2) is 4.79 Å². The van der Waals surface area contributed by atoms with Gasteiger partial charge in [0.25, 0.3) is 0 Å². The molecule has 0 unspecified atom stereocenters. The Morgan fingerprint density at radius 2 is 1.92 bits per heavy atom. The fraction of sp³-hybridized carbons (Fsp3) is 0.350. The maximum Gasteiger partial charge on any atom is 0.319 e. The maximum absolute atomic E-state index is 12.4. The Balaban J connectivity index is 1.54. The maximum atomic E-state index is 12.4. The van der Waals surface area contributed by atoms with Gasteiger partial charge in [-0.05, 0) is 31.5 Å². The van der Waals surface area contributed by atoms with Crippen molar-refractivity contribution in [2.24, 2.45) is 0 Å². The Morgan fingerprint density at radius 1 is 1.16 bits per heavy atom. The minimum absolute atomic E-state index is 0.152. The minimum atomic E-state index is -0.163. The Morgan fingerprint density at radius 3 is 2.72 bits per heavy atom. The Hall–Kier alpha value is -2.53. The highest BCUT2D eigenvalue weighted by Gasteiger charge is 2.24. The largest absolute Gasteiger partial charge is 0.377 e. The quantitative estimate of drug-likeness (QED) is 0.845. The van der Waals surface area contributed by atoms with Crippen molar-refractivity contribution in [1.29, 1.82) is 0 Å². The van der Waals surface area contributed by atoms with Crippen molar-refractivity contribution < 1.29 is 9.53 Å². The number of anilines is 2. The molecule has 0 saturated carbocycles. The summed E-state index contributed by atoms with van der Waals surface area (Å²) in [6.07, 6.45) is 0.947. The number of para-hydroxylation sites is 2. The highest BCUT2D eigenvalue weighted by Crippen LogP contribution is 2.20. The molecule has 25 heavy (non-hydrogen) atoms. The van der Waals surface area contributed by atoms with Crippen LogP contribution in [-0.4, -0.2) is 31.8 Å². The van der Waals surface area contributed by atoms with E-state index in [1.165, 1.54) is 5.69 Å². The molecule has 5 nitrogen and oxygen atoms in total. The molecular weight excluding hydrogens is 314 g/mol. The summed E-state index contributed by atoms with van der Waals surface area (Å²) in [5.74, 6) is 0. The summed E-state index contributed by atoms with van der Waals surface area (Å²) in [7, 11) is 0. The van der Waals surface area contributed by atoms with Crippen LogP contribution in [0.5, 0.6) is 0 Å². The first-order valence-electron chi connectivity index (χ1n) is 8.79. The number of rotatable bonds is 6. The second-order valence-corrected chi connectivity index (χ2v) is 6.16. The van der Waals surface area contributed by atoms with Crippen molar-refractivity contribution in [3.05, 3.63) is 60.2 Å². The Labute approximate surface area is 149 Å². The second kappa shape index (κ2) is 8.53. The van der Waals surface area contributed by atoms with Crippen molar-refractivity contribution in [1.82, 2.24) is 5.32 Å². The van der Waals surface area contributed by atoms with Gasteiger partial charge < -0.3 is 20.3 Å². The predicted molar refractivity (Wildman–Crippen MR) is 101 cm³/mol. The van der Waals surface area contributed by atoms with Gasteiger partial charge in [-0.1, -0.05) is 36.4 Å². The third-order valence-corrected chi connectivity index (χ3v) is 4.37. The van der Waals surface area contributed by atoms with Crippen molar-refractivity contribution in [2.45, 2.75) is 26.0 Å². The lowest BCUT2D eigenvalue weighted by Crippen LogP contribution is -2.39. The number of hydrogen-bond donors (Lipinski definition) is 2. The molecule has 0 aliphatic carbocycles. The third kappa shape index (κ3) is 4.73. The molecule has 2 amide bonds. The average molecular weight is 339 g/mol. The Kier molecular flexibility index (Phi) is 5.90. The number of ether oxygens (including phenoxy) is 1. The van der Waals surface area contributed by atoms with Crippen molar-refractivity contribution in [3.8, 4) is 0 Å². The molecule has 2 aromatic rings. The highest BCUT2D eigenvalue weighted by molar-refractivity contribution is 5.90. The van der Waals surface area contributed by atoms with Gasteiger partial charge >= 0.3 is 6.03 Å². The number of benzene rings is 2. The van der Waals surface area contributed by atoms with Crippen LogP contribution in [-0.2, 0) is 11.3 Å². The van der Waals surface area contributed by atoms with E-state index in [-0.39, 0.29) is 12.1 Å². The van der Waals surface area contributed by atoms with Crippen LogP contribution < -0.4 is 15.5 Å². The first-order chi connectivity index (χ1) is 12.3. The summed E-state index contributed by atoms with van der Waals surface area (Å²) in [5.41, 5.74) is 2.98. The summed E-state index contributed by atoms with van der Waals surface area (Å²) in [6, 6.07) is 18.0. The summed E-state index contributed by atoms with van der Waals surface area (Å²) in [6.45, 7) is 4.89. The highest BCUT2D eigenvalue weighted by atomic mass is 16.5. The van der Waals surface area contributed by atoms with Crippen LogP contribution >= 0.6 is 0 Å². The number of hydrogen-bond acceptors (Lipinski definition) is 3. The van der Waals surface area contributed by atoms with E-state index >= 15 is 0 Å². The van der Waals surface area contributed by atoms with Crippen LogP contribution in [0.15, 0.2) is 54.6 Å². The molecular formula is C20H25N3O2. The monoisotopic (exact) mass is 339 g/mol.